The maximum absolute atomic E-state index is 13.3. The number of nitrogens with one attached hydrogen (secondary N) is 2. The van der Waals surface area contributed by atoms with E-state index in [0.29, 0.717) is 0 Å². The highest BCUT2D eigenvalue weighted by Gasteiger charge is 2.23. The molecule has 0 aliphatic rings. The van der Waals surface area contributed by atoms with Crippen molar-refractivity contribution in [2.45, 2.75) is 9.79 Å². The van der Waals surface area contributed by atoms with Gasteiger partial charge in [0.05, 0.1) is 7.11 Å². The molecule has 3 aromatic carbocycles. The Morgan fingerprint density at radius 1 is 0.974 bits per heavy atom. The Morgan fingerprint density at radius 2 is 1.68 bits per heavy atom. The first kappa shape index (κ1) is 26.5. The van der Waals surface area contributed by atoms with Crippen molar-refractivity contribution in [3.05, 3.63) is 59.0 Å². The maximum atomic E-state index is 13.3. The fraction of sp³-hybridized carbons (Fsp3) is 0.0500. The summed E-state index contributed by atoms with van der Waals surface area (Å²) in [5.74, 6) is -1.11. The third-order valence-corrected chi connectivity index (χ3v) is 6.66. The summed E-state index contributed by atoms with van der Waals surface area (Å²) in [6.45, 7) is 0. The van der Waals surface area contributed by atoms with Crippen LogP contribution in [0.5, 0.6) is 11.5 Å². The molecule has 0 amide bonds. The molecule has 5 N–H and O–H groups in total. The Balaban J connectivity index is 1.85. The minimum Gasteiger partial charge on any atom is -0.505 e. The number of aromatic hydroxyl groups is 1. The number of anilines is 2. The Bertz CT molecular complexity index is 1890. The SMILES string of the molecule is COc1ccc(N=Nc2c(S(=O)(=O)O)cc3cc(Nc4nc(F)[nH]c(=O)n4)ccc3c2O)c(S(=O)(=O)O)c1. The fourth-order valence-electron chi connectivity index (χ4n) is 3.28. The van der Waals surface area contributed by atoms with Crippen molar-refractivity contribution >= 4 is 54.0 Å². The van der Waals surface area contributed by atoms with Crippen LogP contribution in [0.1, 0.15) is 0 Å². The topological polar surface area (TPSA) is 234 Å². The van der Waals surface area contributed by atoms with Gasteiger partial charge in [-0.3, -0.25) is 14.1 Å². The molecule has 0 spiro atoms. The van der Waals surface area contributed by atoms with Crippen LogP contribution in [0.15, 0.2) is 67.3 Å². The van der Waals surface area contributed by atoms with Gasteiger partial charge in [0.2, 0.25) is 5.95 Å². The molecule has 1 aromatic heterocycles. The molecule has 0 aliphatic carbocycles. The Labute approximate surface area is 212 Å². The largest absolute Gasteiger partial charge is 0.505 e. The van der Waals surface area contributed by atoms with E-state index >= 15 is 0 Å². The van der Waals surface area contributed by atoms with Crippen LogP contribution in [0.3, 0.4) is 0 Å². The van der Waals surface area contributed by atoms with Crippen LogP contribution < -0.4 is 15.7 Å². The van der Waals surface area contributed by atoms with Crippen molar-refractivity contribution in [1.82, 2.24) is 15.0 Å². The molecule has 0 bridgehead atoms. The zero-order valence-corrected chi connectivity index (χ0v) is 20.4. The van der Waals surface area contributed by atoms with Crippen LogP contribution in [0.2, 0.25) is 0 Å². The number of phenols is 1. The predicted octanol–water partition coefficient (Wildman–Crippen LogP) is 2.82. The lowest BCUT2D eigenvalue weighted by Crippen LogP contribution is -2.16. The van der Waals surface area contributed by atoms with E-state index in [4.69, 9.17) is 4.74 Å². The Morgan fingerprint density at radius 3 is 2.32 bits per heavy atom. The first-order chi connectivity index (χ1) is 17.8. The number of methoxy groups -OCH3 is 1. The first-order valence-electron chi connectivity index (χ1n) is 10.0. The average molecular weight is 567 g/mol. The summed E-state index contributed by atoms with van der Waals surface area (Å²) >= 11 is 0. The highest BCUT2D eigenvalue weighted by molar-refractivity contribution is 7.86. The standard InChI is InChI=1S/C20H15FN6O9S2/c1-36-11-3-5-13(14(8-11)37(30,31)32)26-27-16-15(38(33,34)35)7-9-6-10(2-4-12(9)17(16)28)22-19-23-18(21)24-20(29)25-19/h2-8,28H,1H3,(H,30,31,32)(H,33,34,35)(H2,22,23,24,25,29). The van der Waals surface area contributed by atoms with Gasteiger partial charge in [-0.05, 0) is 41.8 Å². The van der Waals surface area contributed by atoms with Crippen LogP contribution in [-0.2, 0) is 20.2 Å². The number of aromatic nitrogens is 3. The average Bonchev–Trinajstić information content (AvgIpc) is 2.81. The van der Waals surface area contributed by atoms with E-state index in [2.05, 4.69) is 25.5 Å². The normalized spacial score (nSPS) is 12.2. The molecule has 4 rings (SSSR count). The van der Waals surface area contributed by atoms with Gasteiger partial charge in [-0.1, -0.05) is 0 Å². The second-order valence-corrected chi connectivity index (χ2v) is 10.2. The van der Waals surface area contributed by atoms with Gasteiger partial charge in [0.15, 0.2) is 5.75 Å². The highest BCUT2D eigenvalue weighted by atomic mass is 32.2. The molecule has 15 nitrogen and oxygen atoms in total. The number of halogens is 1. The molecule has 0 unspecified atom stereocenters. The minimum absolute atomic E-state index is 0.0136. The molecule has 1 heterocycles. The molecule has 0 saturated carbocycles. The molecule has 38 heavy (non-hydrogen) atoms. The van der Waals surface area contributed by atoms with Crippen molar-refractivity contribution in [2.24, 2.45) is 10.2 Å². The van der Waals surface area contributed by atoms with E-state index in [9.17, 15) is 40.2 Å². The van der Waals surface area contributed by atoms with Gasteiger partial charge in [0, 0.05) is 17.1 Å². The van der Waals surface area contributed by atoms with Crippen molar-refractivity contribution in [1.29, 1.82) is 0 Å². The number of ether oxygens (including phenoxy) is 1. The van der Waals surface area contributed by atoms with Gasteiger partial charge in [0.1, 0.15) is 26.9 Å². The van der Waals surface area contributed by atoms with Crippen molar-refractivity contribution in [2.75, 3.05) is 12.4 Å². The number of azo groups is 1. The van der Waals surface area contributed by atoms with Crippen molar-refractivity contribution < 1.29 is 40.2 Å². The number of H-pyrrole nitrogens is 1. The van der Waals surface area contributed by atoms with E-state index in [1.54, 1.807) is 4.98 Å². The van der Waals surface area contributed by atoms with Gasteiger partial charge in [-0.2, -0.15) is 31.2 Å². The summed E-state index contributed by atoms with van der Waals surface area (Å²) in [6.07, 6.45) is -1.20. The van der Waals surface area contributed by atoms with Crippen molar-refractivity contribution in [3.63, 3.8) is 0 Å². The Hall–Kier alpha value is -4.52. The molecule has 4 aromatic rings. The van der Waals surface area contributed by atoms with Crippen LogP contribution in [0.25, 0.3) is 10.8 Å². The number of fused-ring (bicyclic) bond motifs is 1. The number of benzene rings is 3. The molecule has 198 valence electrons. The molecule has 0 saturated heterocycles. The van der Waals surface area contributed by atoms with Crippen LogP contribution in [0.4, 0.5) is 27.4 Å². The first-order valence-corrected chi connectivity index (χ1v) is 12.9. The number of hydrogen-bond donors (Lipinski definition) is 5. The van der Waals surface area contributed by atoms with Gasteiger partial charge in [-0.15, -0.1) is 10.2 Å². The molecule has 0 fully saturated rings. The Kier molecular flexibility index (Phi) is 6.80. The summed E-state index contributed by atoms with van der Waals surface area (Å²) in [7, 11) is -8.59. The maximum Gasteiger partial charge on any atom is 0.351 e. The highest BCUT2D eigenvalue weighted by Crippen LogP contribution is 2.42. The summed E-state index contributed by atoms with van der Waals surface area (Å²) in [5, 5.41) is 20.6. The van der Waals surface area contributed by atoms with Crippen molar-refractivity contribution in [3.8, 4) is 11.5 Å². The van der Waals surface area contributed by atoms with Gasteiger partial charge < -0.3 is 15.2 Å². The zero-order chi connectivity index (χ0) is 27.8. The summed E-state index contributed by atoms with van der Waals surface area (Å²) in [5.41, 5.74) is -2.04. The quantitative estimate of drug-likeness (QED) is 0.160. The molecule has 18 heteroatoms. The zero-order valence-electron chi connectivity index (χ0n) is 18.8. The summed E-state index contributed by atoms with van der Waals surface area (Å²) in [4.78, 5) is 18.2. The second kappa shape index (κ2) is 9.74. The van der Waals surface area contributed by atoms with Gasteiger partial charge >= 0.3 is 5.69 Å². The summed E-state index contributed by atoms with van der Waals surface area (Å²) in [6, 6.07) is 8.18. The summed E-state index contributed by atoms with van der Waals surface area (Å²) < 4.78 is 85.2. The van der Waals surface area contributed by atoms with E-state index in [1.165, 1.54) is 31.4 Å². The molecular formula is C20H15FN6O9S2. The molecular weight excluding hydrogens is 551 g/mol. The van der Waals surface area contributed by atoms with E-state index in [0.717, 1.165) is 18.2 Å². The van der Waals surface area contributed by atoms with Crippen LogP contribution in [-0.4, -0.2) is 53.1 Å². The fourth-order valence-corrected chi connectivity index (χ4v) is 4.58. The molecule has 0 radical (unpaired) electrons. The number of nitrogens with zero attached hydrogens (tertiary/aromatic N) is 4. The number of hydrogen-bond acceptors (Lipinski definition) is 12. The third kappa shape index (κ3) is 5.57. The molecule has 0 aliphatic heterocycles. The minimum atomic E-state index is -5.03. The van der Waals surface area contributed by atoms with E-state index < -0.39 is 64.9 Å². The lowest BCUT2D eigenvalue weighted by Gasteiger charge is -2.11. The number of rotatable bonds is 7. The van der Waals surface area contributed by atoms with Crippen LogP contribution in [0, 0.1) is 6.08 Å². The smallest absolute Gasteiger partial charge is 0.351 e. The van der Waals surface area contributed by atoms with Crippen LogP contribution >= 0.6 is 0 Å². The second-order valence-electron chi connectivity index (χ2n) is 7.38. The van der Waals surface area contributed by atoms with E-state index in [-0.39, 0.29) is 22.2 Å². The predicted molar refractivity (Wildman–Crippen MR) is 128 cm³/mol. The lowest BCUT2D eigenvalue weighted by molar-refractivity contribution is 0.412. The van der Waals surface area contributed by atoms with E-state index in [1.807, 2.05) is 0 Å². The van der Waals surface area contributed by atoms with Gasteiger partial charge in [0.25, 0.3) is 26.3 Å². The number of aromatic amines is 1. The monoisotopic (exact) mass is 566 g/mol. The third-order valence-electron chi connectivity index (χ3n) is 4.91. The lowest BCUT2D eigenvalue weighted by atomic mass is 10.1. The van der Waals surface area contributed by atoms with Gasteiger partial charge in [-0.25, -0.2) is 4.79 Å². The molecule has 0 atom stereocenters. The number of phenolic OH excluding ortho intramolecular Hbond substituents is 1.